The van der Waals surface area contributed by atoms with Gasteiger partial charge in [-0.25, -0.2) is 0 Å². The Hall–Kier alpha value is -0.610. The molecular formula is C4H11N3O. The van der Waals surface area contributed by atoms with Gasteiger partial charge in [-0.1, -0.05) is 0 Å². The normalized spacial score (nSPS) is 10.2. The fraction of sp³-hybridized carbons (Fsp3) is 0.750. The molecule has 0 aromatic carbocycles. The van der Waals surface area contributed by atoms with E-state index in [4.69, 9.17) is 5.11 Å². The summed E-state index contributed by atoms with van der Waals surface area (Å²) in [4.78, 5) is 3.65. The maximum atomic E-state index is 8.17. The first kappa shape index (κ1) is 7.39. The molecule has 3 N–H and O–H groups in total. The number of rotatable bonds is 4. The Morgan fingerprint density at radius 2 is 2.50 bits per heavy atom. The summed E-state index contributed by atoms with van der Waals surface area (Å²) in [5, 5.41) is 13.6. The van der Waals surface area contributed by atoms with E-state index in [1.54, 1.807) is 13.4 Å². The Labute approximate surface area is 48.6 Å². The lowest BCUT2D eigenvalue weighted by atomic mass is 10.9. The Bertz CT molecular complexity index is 64.3. The smallest absolute Gasteiger partial charge is 0.0944 e. The third-order valence-corrected chi connectivity index (χ3v) is 0.559. The largest absolute Gasteiger partial charge is 0.381 e. The standard InChI is InChI=1S/C4H11N3O/c1-5-2-6-3-7-4-8/h2,7-8H,3-4H2,1H3,(H,5,6). The van der Waals surface area contributed by atoms with Crippen LogP contribution in [0.15, 0.2) is 4.99 Å². The Morgan fingerprint density at radius 3 is 3.00 bits per heavy atom. The second-order valence-electron chi connectivity index (χ2n) is 1.18. The summed E-state index contributed by atoms with van der Waals surface area (Å²) in [6.07, 6.45) is 1.56. The molecule has 0 saturated heterocycles. The number of nitrogens with zero attached hydrogens (tertiary/aromatic N) is 1. The molecule has 0 atom stereocenters. The first-order valence-electron chi connectivity index (χ1n) is 2.37. The van der Waals surface area contributed by atoms with Gasteiger partial charge in [-0.3, -0.25) is 10.3 Å². The van der Waals surface area contributed by atoms with Crippen molar-refractivity contribution in [2.24, 2.45) is 4.99 Å². The molecule has 0 aliphatic carbocycles. The Morgan fingerprint density at radius 1 is 1.75 bits per heavy atom. The molecule has 0 rings (SSSR count). The van der Waals surface area contributed by atoms with Gasteiger partial charge in [0, 0.05) is 7.05 Å². The van der Waals surface area contributed by atoms with E-state index in [1.165, 1.54) is 0 Å². The summed E-state index contributed by atoms with van der Waals surface area (Å²) in [6.45, 7) is 0.540. The lowest BCUT2D eigenvalue weighted by Gasteiger charge is -1.96. The first-order chi connectivity index (χ1) is 3.91. The number of nitrogens with one attached hydrogen (secondary N) is 2. The van der Waals surface area contributed by atoms with E-state index in [-0.39, 0.29) is 6.73 Å². The van der Waals surface area contributed by atoms with Crippen LogP contribution in [0.2, 0.25) is 0 Å². The van der Waals surface area contributed by atoms with E-state index in [9.17, 15) is 0 Å². The fourth-order valence-electron chi connectivity index (χ4n) is 0.265. The molecule has 0 heterocycles. The number of hydrogen-bond donors (Lipinski definition) is 3. The van der Waals surface area contributed by atoms with Crippen LogP contribution in [0.5, 0.6) is 0 Å². The minimum absolute atomic E-state index is 0.00937. The second-order valence-corrected chi connectivity index (χ2v) is 1.18. The highest BCUT2D eigenvalue weighted by Gasteiger charge is 1.72. The zero-order valence-electron chi connectivity index (χ0n) is 4.89. The first-order valence-corrected chi connectivity index (χ1v) is 2.37. The molecule has 0 radical (unpaired) electrons. The number of aliphatic hydroxyl groups is 1. The zero-order valence-corrected chi connectivity index (χ0v) is 4.89. The summed E-state index contributed by atoms with van der Waals surface area (Å²) in [5.41, 5.74) is 0. The molecule has 0 saturated carbocycles. The topological polar surface area (TPSA) is 56.7 Å². The Balaban J connectivity index is 2.72. The summed E-state index contributed by atoms with van der Waals surface area (Å²) in [7, 11) is 1.67. The van der Waals surface area contributed by atoms with Crippen LogP contribution in [0.3, 0.4) is 0 Å². The number of hydrogen-bond acceptors (Lipinski definition) is 3. The predicted octanol–water partition coefficient (Wildman–Crippen LogP) is -1.27. The molecule has 0 unspecified atom stereocenters. The summed E-state index contributed by atoms with van der Waals surface area (Å²) in [6, 6.07) is 0. The molecule has 0 bridgehead atoms. The minimum Gasteiger partial charge on any atom is -0.381 e. The van der Waals surface area contributed by atoms with Gasteiger partial charge in [-0.05, 0) is 0 Å². The molecule has 0 aromatic heterocycles. The highest BCUT2D eigenvalue weighted by atomic mass is 16.3. The van der Waals surface area contributed by atoms with E-state index in [0.29, 0.717) is 6.67 Å². The summed E-state index contributed by atoms with van der Waals surface area (Å²) < 4.78 is 0. The number of aliphatic hydroxyl groups excluding tert-OH is 1. The molecule has 0 aliphatic heterocycles. The van der Waals surface area contributed by atoms with Crippen LogP contribution in [0, 0.1) is 0 Å². The average Bonchev–Trinajstić information content (AvgIpc) is 1.81. The SMILES string of the molecule is CN=CNCNCO. The van der Waals surface area contributed by atoms with Crippen LogP contribution in [0.4, 0.5) is 0 Å². The van der Waals surface area contributed by atoms with Crippen LogP contribution in [0.1, 0.15) is 0 Å². The molecule has 0 aliphatic rings. The summed E-state index contributed by atoms with van der Waals surface area (Å²) in [5.74, 6) is 0. The van der Waals surface area contributed by atoms with Gasteiger partial charge in [0.15, 0.2) is 0 Å². The van der Waals surface area contributed by atoms with Crippen molar-refractivity contribution >= 4 is 6.34 Å². The molecule has 0 spiro atoms. The van der Waals surface area contributed by atoms with Crippen molar-refractivity contribution in [2.45, 2.75) is 0 Å². The van der Waals surface area contributed by atoms with Gasteiger partial charge >= 0.3 is 0 Å². The summed E-state index contributed by atoms with van der Waals surface area (Å²) >= 11 is 0. The molecule has 48 valence electrons. The molecule has 0 amide bonds. The van der Waals surface area contributed by atoms with E-state index in [2.05, 4.69) is 15.6 Å². The highest BCUT2D eigenvalue weighted by molar-refractivity contribution is 5.53. The third kappa shape index (κ3) is 5.39. The van der Waals surface area contributed by atoms with Crippen molar-refractivity contribution in [3.8, 4) is 0 Å². The zero-order chi connectivity index (χ0) is 6.24. The second kappa shape index (κ2) is 6.39. The maximum absolute atomic E-state index is 8.17. The van der Waals surface area contributed by atoms with Gasteiger partial charge in [-0.2, -0.15) is 0 Å². The van der Waals surface area contributed by atoms with Gasteiger partial charge < -0.3 is 10.4 Å². The van der Waals surface area contributed by atoms with E-state index < -0.39 is 0 Å². The van der Waals surface area contributed by atoms with E-state index >= 15 is 0 Å². The lowest BCUT2D eigenvalue weighted by molar-refractivity contribution is 0.260. The van der Waals surface area contributed by atoms with Crippen molar-refractivity contribution in [1.29, 1.82) is 0 Å². The van der Waals surface area contributed by atoms with Gasteiger partial charge in [-0.15, -0.1) is 0 Å². The number of aliphatic imine (C=N–C) groups is 1. The van der Waals surface area contributed by atoms with Crippen molar-refractivity contribution in [1.82, 2.24) is 10.6 Å². The maximum Gasteiger partial charge on any atom is 0.0944 e. The van der Waals surface area contributed by atoms with Crippen LogP contribution in [-0.2, 0) is 0 Å². The highest BCUT2D eigenvalue weighted by Crippen LogP contribution is 1.46. The van der Waals surface area contributed by atoms with Crippen molar-refractivity contribution in [3.63, 3.8) is 0 Å². The fourth-order valence-corrected chi connectivity index (χ4v) is 0.265. The van der Waals surface area contributed by atoms with Gasteiger partial charge in [0.1, 0.15) is 0 Å². The Kier molecular flexibility index (Phi) is 5.90. The van der Waals surface area contributed by atoms with Gasteiger partial charge in [0.2, 0.25) is 0 Å². The van der Waals surface area contributed by atoms with E-state index in [0.717, 1.165) is 0 Å². The molecule has 0 fully saturated rings. The van der Waals surface area contributed by atoms with Crippen molar-refractivity contribution in [3.05, 3.63) is 0 Å². The van der Waals surface area contributed by atoms with Crippen molar-refractivity contribution in [2.75, 3.05) is 20.4 Å². The van der Waals surface area contributed by atoms with Crippen LogP contribution in [0.25, 0.3) is 0 Å². The van der Waals surface area contributed by atoms with Crippen LogP contribution < -0.4 is 10.6 Å². The molecule has 4 heteroatoms. The molecule has 8 heavy (non-hydrogen) atoms. The molecule has 4 nitrogen and oxygen atoms in total. The van der Waals surface area contributed by atoms with Gasteiger partial charge in [0.05, 0.1) is 19.7 Å². The van der Waals surface area contributed by atoms with Crippen LogP contribution >= 0.6 is 0 Å². The minimum atomic E-state index is -0.00937. The van der Waals surface area contributed by atoms with Crippen molar-refractivity contribution < 1.29 is 5.11 Å². The average molecular weight is 117 g/mol. The van der Waals surface area contributed by atoms with Crippen LogP contribution in [-0.4, -0.2) is 31.9 Å². The third-order valence-electron chi connectivity index (χ3n) is 0.559. The van der Waals surface area contributed by atoms with E-state index in [1.807, 2.05) is 0 Å². The lowest BCUT2D eigenvalue weighted by Crippen LogP contribution is -2.28. The quantitative estimate of drug-likeness (QED) is 0.186. The molecule has 0 aromatic rings. The predicted molar refractivity (Wildman–Crippen MR) is 32.6 cm³/mol. The van der Waals surface area contributed by atoms with Gasteiger partial charge in [0.25, 0.3) is 0 Å². The molecular weight excluding hydrogens is 106 g/mol. The monoisotopic (exact) mass is 117 g/mol.